The van der Waals surface area contributed by atoms with Crippen LogP contribution in [-0.2, 0) is 0 Å². The standard InChI is InChI=1S/C15H17ClN4OS/c1-17-15(22)20-9-3-2-4-12(20)14-18-13(19-21-14)10-5-7-11(16)8-6-10/h5-8,12H,2-4,9H2,1H3,(H,17,22). The predicted octanol–water partition coefficient (Wildman–Crippen LogP) is 3.42. The summed E-state index contributed by atoms with van der Waals surface area (Å²) < 4.78 is 5.49. The number of piperidine rings is 1. The fourth-order valence-electron chi connectivity index (χ4n) is 2.66. The Bertz CT molecular complexity index is 658. The minimum atomic E-state index is 0.0438. The average Bonchev–Trinajstić information content (AvgIpc) is 3.04. The molecule has 3 rings (SSSR count). The molecule has 1 N–H and O–H groups in total. The highest BCUT2D eigenvalue weighted by Gasteiger charge is 2.30. The molecule has 1 aliphatic heterocycles. The normalized spacial score (nSPS) is 18.3. The van der Waals surface area contributed by atoms with Gasteiger partial charge in [-0.2, -0.15) is 4.98 Å². The van der Waals surface area contributed by atoms with Crippen molar-refractivity contribution in [2.45, 2.75) is 25.3 Å². The fourth-order valence-corrected chi connectivity index (χ4v) is 3.01. The van der Waals surface area contributed by atoms with Crippen LogP contribution in [-0.4, -0.2) is 33.7 Å². The highest BCUT2D eigenvalue weighted by atomic mass is 35.5. The second kappa shape index (κ2) is 6.62. The molecule has 1 saturated heterocycles. The average molecular weight is 337 g/mol. The van der Waals surface area contributed by atoms with Crippen molar-refractivity contribution in [3.05, 3.63) is 35.2 Å². The summed E-state index contributed by atoms with van der Waals surface area (Å²) in [7, 11) is 1.83. The second-order valence-electron chi connectivity index (χ2n) is 5.22. The second-order valence-corrected chi connectivity index (χ2v) is 6.05. The van der Waals surface area contributed by atoms with Gasteiger partial charge in [-0.3, -0.25) is 0 Å². The van der Waals surface area contributed by atoms with Crippen LogP contribution in [0.5, 0.6) is 0 Å². The molecular weight excluding hydrogens is 320 g/mol. The lowest BCUT2D eigenvalue weighted by molar-refractivity contribution is 0.194. The summed E-state index contributed by atoms with van der Waals surface area (Å²) in [5, 5.41) is 8.53. The van der Waals surface area contributed by atoms with Crippen LogP contribution in [0.4, 0.5) is 0 Å². The van der Waals surface area contributed by atoms with Crippen molar-refractivity contribution in [1.29, 1.82) is 0 Å². The maximum absolute atomic E-state index is 5.90. The molecule has 0 radical (unpaired) electrons. The number of halogens is 1. The van der Waals surface area contributed by atoms with Gasteiger partial charge >= 0.3 is 0 Å². The molecule has 1 aromatic carbocycles. The van der Waals surface area contributed by atoms with Gasteiger partial charge in [0.25, 0.3) is 0 Å². The van der Waals surface area contributed by atoms with Crippen molar-refractivity contribution < 1.29 is 4.52 Å². The topological polar surface area (TPSA) is 54.2 Å². The Labute approximate surface area is 139 Å². The van der Waals surface area contributed by atoms with Crippen LogP contribution in [0.3, 0.4) is 0 Å². The van der Waals surface area contributed by atoms with Crippen molar-refractivity contribution in [2.75, 3.05) is 13.6 Å². The van der Waals surface area contributed by atoms with Gasteiger partial charge in [-0.1, -0.05) is 16.8 Å². The zero-order valence-corrected chi connectivity index (χ0v) is 13.8. The zero-order chi connectivity index (χ0) is 15.5. The van der Waals surface area contributed by atoms with Crippen LogP contribution < -0.4 is 5.32 Å². The van der Waals surface area contributed by atoms with Gasteiger partial charge in [0, 0.05) is 24.2 Å². The third kappa shape index (κ3) is 3.08. The highest BCUT2D eigenvalue weighted by Crippen LogP contribution is 2.31. The number of hydrogen-bond acceptors (Lipinski definition) is 4. The van der Waals surface area contributed by atoms with E-state index >= 15 is 0 Å². The summed E-state index contributed by atoms with van der Waals surface area (Å²) in [6.07, 6.45) is 3.22. The monoisotopic (exact) mass is 336 g/mol. The van der Waals surface area contributed by atoms with E-state index in [4.69, 9.17) is 28.3 Å². The molecule has 7 heteroatoms. The van der Waals surface area contributed by atoms with Gasteiger partial charge in [-0.25, -0.2) is 0 Å². The Kier molecular flexibility index (Phi) is 4.59. The van der Waals surface area contributed by atoms with E-state index in [1.54, 1.807) is 0 Å². The maximum atomic E-state index is 5.90. The van der Waals surface area contributed by atoms with Crippen molar-refractivity contribution >= 4 is 28.9 Å². The first-order valence-corrected chi connectivity index (χ1v) is 8.05. The summed E-state index contributed by atoms with van der Waals surface area (Å²) in [6, 6.07) is 7.44. The van der Waals surface area contributed by atoms with Crippen LogP contribution in [0.2, 0.25) is 5.02 Å². The molecule has 1 atom stereocenters. The first-order valence-electron chi connectivity index (χ1n) is 7.27. The van der Waals surface area contributed by atoms with E-state index < -0.39 is 0 Å². The molecule has 2 aromatic rings. The molecule has 22 heavy (non-hydrogen) atoms. The Hall–Kier alpha value is -1.66. The number of nitrogens with zero attached hydrogens (tertiary/aromatic N) is 3. The molecule has 1 aromatic heterocycles. The minimum Gasteiger partial charge on any atom is -0.366 e. The lowest BCUT2D eigenvalue weighted by atomic mass is 10.0. The molecular formula is C15H17ClN4OS. The number of thiocarbonyl (C=S) groups is 1. The van der Waals surface area contributed by atoms with Crippen LogP contribution in [0.25, 0.3) is 11.4 Å². The molecule has 0 spiro atoms. The van der Waals surface area contributed by atoms with Crippen LogP contribution in [0.1, 0.15) is 31.2 Å². The van der Waals surface area contributed by atoms with Gasteiger partial charge in [0.2, 0.25) is 11.7 Å². The van der Waals surface area contributed by atoms with E-state index in [0.717, 1.165) is 36.5 Å². The molecule has 1 unspecified atom stereocenters. The van der Waals surface area contributed by atoms with Gasteiger partial charge in [0.05, 0.1) is 0 Å². The summed E-state index contributed by atoms with van der Waals surface area (Å²) in [4.78, 5) is 6.67. The number of likely N-dealkylation sites (tertiary alicyclic amines) is 1. The Morgan fingerprint density at radius 2 is 2.14 bits per heavy atom. The predicted molar refractivity (Wildman–Crippen MR) is 89.7 cm³/mol. The lowest BCUT2D eigenvalue weighted by Crippen LogP contribution is -2.43. The molecule has 0 bridgehead atoms. The first kappa shape index (κ1) is 15.2. The largest absolute Gasteiger partial charge is 0.366 e. The summed E-state index contributed by atoms with van der Waals surface area (Å²) in [5.41, 5.74) is 0.887. The molecule has 116 valence electrons. The molecule has 1 aliphatic rings. The van der Waals surface area contributed by atoms with Crippen LogP contribution >= 0.6 is 23.8 Å². The van der Waals surface area contributed by atoms with Gasteiger partial charge in [-0.15, -0.1) is 0 Å². The van der Waals surface area contributed by atoms with Gasteiger partial charge in [-0.05, 0) is 55.7 Å². The van der Waals surface area contributed by atoms with Gasteiger partial charge < -0.3 is 14.7 Å². The number of benzene rings is 1. The van der Waals surface area contributed by atoms with Crippen LogP contribution in [0, 0.1) is 0 Å². The fraction of sp³-hybridized carbons (Fsp3) is 0.400. The number of rotatable bonds is 2. The van der Waals surface area contributed by atoms with Crippen molar-refractivity contribution in [2.24, 2.45) is 0 Å². The molecule has 5 nitrogen and oxygen atoms in total. The van der Waals surface area contributed by atoms with E-state index in [1.165, 1.54) is 0 Å². The molecule has 1 fully saturated rings. The summed E-state index contributed by atoms with van der Waals surface area (Å²) in [5.74, 6) is 1.19. The molecule has 2 heterocycles. The lowest BCUT2D eigenvalue weighted by Gasteiger charge is -2.34. The van der Waals surface area contributed by atoms with E-state index in [-0.39, 0.29) is 6.04 Å². The summed E-state index contributed by atoms with van der Waals surface area (Å²) in [6.45, 7) is 0.906. The summed E-state index contributed by atoms with van der Waals surface area (Å²) >= 11 is 11.3. The number of aromatic nitrogens is 2. The molecule has 0 amide bonds. The Morgan fingerprint density at radius 3 is 2.86 bits per heavy atom. The van der Waals surface area contributed by atoms with Gasteiger partial charge in [0.15, 0.2) is 5.11 Å². The van der Waals surface area contributed by atoms with Crippen LogP contribution in [0.15, 0.2) is 28.8 Å². The molecule has 0 saturated carbocycles. The van der Waals surface area contributed by atoms with Crippen molar-refractivity contribution in [3.63, 3.8) is 0 Å². The smallest absolute Gasteiger partial charge is 0.249 e. The number of hydrogen-bond donors (Lipinski definition) is 1. The Morgan fingerprint density at radius 1 is 1.36 bits per heavy atom. The first-order chi connectivity index (χ1) is 10.7. The SMILES string of the molecule is CNC(=S)N1CCCCC1c1nc(-c2ccc(Cl)cc2)no1. The molecule has 0 aliphatic carbocycles. The van der Waals surface area contributed by atoms with E-state index in [2.05, 4.69) is 20.4 Å². The maximum Gasteiger partial charge on any atom is 0.249 e. The minimum absolute atomic E-state index is 0.0438. The Balaban J connectivity index is 1.85. The van der Waals surface area contributed by atoms with E-state index in [0.29, 0.717) is 16.7 Å². The number of nitrogens with one attached hydrogen (secondary N) is 1. The van der Waals surface area contributed by atoms with Crippen molar-refractivity contribution in [3.8, 4) is 11.4 Å². The van der Waals surface area contributed by atoms with Gasteiger partial charge in [0.1, 0.15) is 6.04 Å². The van der Waals surface area contributed by atoms with E-state index in [1.807, 2.05) is 31.3 Å². The third-order valence-electron chi connectivity index (χ3n) is 3.81. The van der Waals surface area contributed by atoms with Crippen molar-refractivity contribution in [1.82, 2.24) is 20.4 Å². The van der Waals surface area contributed by atoms with E-state index in [9.17, 15) is 0 Å². The zero-order valence-electron chi connectivity index (χ0n) is 12.3. The quantitative estimate of drug-likeness (QED) is 0.848. The highest BCUT2D eigenvalue weighted by molar-refractivity contribution is 7.80. The third-order valence-corrected chi connectivity index (χ3v) is 4.50.